The number of anilines is 1. The SMILES string of the molecule is CC(C)Oc1cccc(C=C2SC(=O)NC2=O)c1N1CCC(NC(=O)OC(C)(C)C)C1. The quantitative estimate of drug-likeness (QED) is 0.661. The number of imide groups is 1. The number of thioether (sulfide) groups is 1. The van der Waals surface area contributed by atoms with Crippen molar-refractivity contribution in [3.63, 3.8) is 0 Å². The maximum Gasteiger partial charge on any atom is 0.407 e. The van der Waals surface area contributed by atoms with Crippen LogP contribution in [-0.4, -0.2) is 48.1 Å². The monoisotopic (exact) mass is 447 g/mol. The summed E-state index contributed by atoms with van der Waals surface area (Å²) in [6.07, 6.45) is 1.98. The molecule has 9 heteroatoms. The first-order valence-corrected chi connectivity index (χ1v) is 11.1. The van der Waals surface area contributed by atoms with Gasteiger partial charge in [-0.05, 0) is 64.9 Å². The second-order valence-corrected chi connectivity index (χ2v) is 9.81. The smallest absolute Gasteiger partial charge is 0.407 e. The number of amides is 3. The van der Waals surface area contributed by atoms with E-state index < -0.39 is 17.6 Å². The van der Waals surface area contributed by atoms with Gasteiger partial charge in [0.2, 0.25) is 0 Å². The van der Waals surface area contributed by atoms with Gasteiger partial charge in [0.05, 0.1) is 22.7 Å². The summed E-state index contributed by atoms with van der Waals surface area (Å²) in [5, 5.41) is 4.83. The molecule has 1 unspecified atom stereocenters. The van der Waals surface area contributed by atoms with Crippen molar-refractivity contribution in [3.05, 3.63) is 28.7 Å². The number of carbonyl (C=O) groups is 3. The first-order valence-electron chi connectivity index (χ1n) is 10.3. The van der Waals surface area contributed by atoms with Crippen molar-refractivity contribution < 1.29 is 23.9 Å². The molecule has 2 saturated heterocycles. The van der Waals surface area contributed by atoms with E-state index in [1.54, 1.807) is 6.08 Å². The Hall–Kier alpha value is -2.68. The van der Waals surface area contributed by atoms with E-state index in [-0.39, 0.29) is 17.4 Å². The number of nitrogens with one attached hydrogen (secondary N) is 2. The maximum atomic E-state index is 12.2. The van der Waals surface area contributed by atoms with Crippen LogP contribution in [-0.2, 0) is 9.53 Å². The van der Waals surface area contributed by atoms with Crippen LogP contribution in [0.2, 0.25) is 0 Å². The van der Waals surface area contributed by atoms with Gasteiger partial charge >= 0.3 is 6.09 Å². The molecule has 3 rings (SSSR count). The highest BCUT2D eigenvalue weighted by Gasteiger charge is 2.30. The number of benzene rings is 1. The van der Waals surface area contributed by atoms with Gasteiger partial charge in [-0.15, -0.1) is 0 Å². The van der Waals surface area contributed by atoms with Crippen LogP contribution in [0.5, 0.6) is 5.75 Å². The molecule has 168 valence electrons. The fourth-order valence-electron chi connectivity index (χ4n) is 3.46. The molecule has 0 bridgehead atoms. The fraction of sp³-hybridized carbons (Fsp3) is 0.500. The van der Waals surface area contributed by atoms with Crippen molar-refractivity contribution in [1.29, 1.82) is 0 Å². The zero-order valence-corrected chi connectivity index (χ0v) is 19.3. The zero-order valence-electron chi connectivity index (χ0n) is 18.5. The number of ether oxygens (including phenoxy) is 2. The number of hydrogen-bond donors (Lipinski definition) is 2. The van der Waals surface area contributed by atoms with Gasteiger partial charge in [0.1, 0.15) is 11.4 Å². The van der Waals surface area contributed by atoms with Crippen molar-refractivity contribution in [2.24, 2.45) is 0 Å². The zero-order chi connectivity index (χ0) is 22.8. The molecule has 0 saturated carbocycles. The Balaban J connectivity index is 1.85. The molecular weight excluding hydrogens is 418 g/mol. The summed E-state index contributed by atoms with van der Waals surface area (Å²) in [5.41, 5.74) is 1.06. The standard InChI is InChI=1S/C22H29N3O5S/c1-13(2)29-16-8-6-7-14(11-17-19(26)24-21(28)31-17)18(16)25-10-9-15(12-25)23-20(27)30-22(3,4)5/h6-8,11,13,15H,9-10,12H2,1-5H3,(H,23,27)(H,24,26,28). The first kappa shape index (κ1) is 23.0. The highest BCUT2D eigenvalue weighted by molar-refractivity contribution is 8.18. The molecule has 2 fully saturated rings. The van der Waals surface area contributed by atoms with Crippen LogP contribution in [0.15, 0.2) is 23.1 Å². The van der Waals surface area contributed by atoms with E-state index in [9.17, 15) is 14.4 Å². The lowest BCUT2D eigenvalue weighted by Gasteiger charge is -2.26. The number of rotatable bonds is 5. The second-order valence-electron chi connectivity index (χ2n) is 8.79. The van der Waals surface area contributed by atoms with Gasteiger partial charge in [0, 0.05) is 18.7 Å². The Labute approximate surface area is 186 Å². The molecule has 2 aliphatic rings. The Morgan fingerprint density at radius 1 is 1.32 bits per heavy atom. The Morgan fingerprint density at radius 3 is 2.68 bits per heavy atom. The van der Waals surface area contributed by atoms with E-state index in [0.717, 1.165) is 29.4 Å². The molecule has 0 aromatic heterocycles. The Morgan fingerprint density at radius 2 is 2.06 bits per heavy atom. The van der Waals surface area contributed by atoms with Crippen LogP contribution in [0.1, 0.15) is 46.6 Å². The van der Waals surface area contributed by atoms with Crippen LogP contribution < -0.4 is 20.3 Å². The first-order chi connectivity index (χ1) is 14.5. The lowest BCUT2D eigenvalue weighted by molar-refractivity contribution is -0.115. The third-order valence-corrected chi connectivity index (χ3v) is 5.36. The van der Waals surface area contributed by atoms with Gasteiger partial charge < -0.3 is 19.7 Å². The summed E-state index contributed by atoms with van der Waals surface area (Å²) in [4.78, 5) is 38.2. The Bertz CT molecular complexity index is 907. The lowest BCUT2D eigenvalue weighted by Crippen LogP contribution is -2.40. The normalized spacial score (nSPS) is 20.4. The second kappa shape index (κ2) is 9.21. The summed E-state index contributed by atoms with van der Waals surface area (Å²) in [5.74, 6) is 0.291. The number of nitrogens with zero attached hydrogens (tertiary/aromatic N) is 1. The highest BCUT2D eigenvalue weighted by atomic mass is 32.2. The van der Waals surface area contributed by atoms with E-state index >= 15 is 0 Å². The predicted octanol–water partition coefficient (Wildman–Crippen LogP) is 3.90. The lowest BCUT2D eigenvalue weighted by atomic mass is 10.1. The van der Waals surface area contributed by atoms with Crippen LogP contribution in [0.25, 0.3) is 6.08 Å². The largest absolute Gasteiger partial charge is 0.489 e. The maximum absolute atomic E-state index is 12.2. The minimum absolute atomic E-state index is 0.0364. The Kier molecular flexibility index (Phi) is 6.83. The number of para-hydroxylation sites is 1. The third-order valence-electron chi connectivity index (χ3n) is 4.55. The van der Waals surface area contributed by atoms with Gasteiger partial charge in [0.25, 0.3) is 11.1 Å². The fourth-order valence-corrected chi connectivity index (χ4v) is 4.13. The molecule has 1 atom stereocenters. The molecular formula is C22H29N3O5S. The average molecular weight is 448 g/mol. The van der Waals surface area contributed by atoms with E-state index in [1.165, 1.54) is 0 Å². The van der Waals surface area contributed by atoms with E-state index in [4.69, 9.17) is 9.47 Å². The predicted molar refractivity (Wildman–Crippen MR) is 121 cm³/mol. The molecule has 0 aliphatic carbocycles. The highest BCUT2D eigenvalue weighted by Crippen LogP contribution is 2.38. The van der Waals surface area contributed by atoms with Gasteiger partial charge in [-0.25, -0.2) is 4.79 Å². The summed E-state index contributed by atoms with van der Waals surface area (Å²) in [7, 11) is 0. The van der Waals surface area contributed by atoms with Crippen molar-refractivity contribution in [3.8, 4) is 5.75 Å². The van der Waals surface area contributed by atoms with Crippen LogP contribution >= 0.6 is 11.8 Å². The van der Waals surface area contributed by atoms with E-state index in [0.29, 0.717) is 23.7 Å². The van der Waals surface area contributed by atoms with E-state index in [2.05, 4.69) is 15.5 Å². The average Bonchev–Trinajstić information content (AvgIpc) is 3.19. The van der Waals surface area contributed by atoms with Gasteiger partial charge in [-0.3, -0.25) is 14.9 Å². The van der Waals surface area contributed by atoms with Crippen LogP contribution in [0, 0.1) is 0 Å². The van der Waals surface area contributed by atoms with Gasteiger partial charge in [0.15, 0.2) is 0 Å². The molecule has 0 radical (unpaired) electrons. The minimum Gasteiger partial charge on any atom is -0.489 e. The van der Waals surface area contributed by atoms with Crippen LogP contribution in [0.4, 0.5) is 15.3 Å². The minimum atomic E-state index is -0.559. The van der Waals surface area contributed by atoms with Gasteiger partial charge in [-0.1, -0.05) is 12.1 Å². The molecule has 2 N–H and O–H groups in total. The molecule has 0 spiro atoms. The molecule has 2 aliphatic heterocycles. The van der Waals surface area contributed by atoms with Crippen molar-refractivity contribution in [2.45, 2.75) is 58.8 Å². The topological polar surface area (TPSA) is 97.0 Å². The van der Waals surface area contributed by atoms with Crippen molar-refractivity contribution >= 4 is 40.8 Å². The molecule has 1 aromatic rings. The summed E-state index contributed by atoms with van der Waals surface area (Å²) >= 11 is 0.882. The molecule has 8 nitrogen and oxygen atoms in total. The molecule has 1 aromatic carbocycles. The van der Waals surface area contributed by atoms with Gasteiger partial charge in [-0.2, -0.15) is 0 Å². The summed E-state index contributed by atoms with van der Waals surface area (Å²) in [6.45, 7) is 10.7. The van der Waals surface area contributed by atoms with Crippen molar-refractivity contribution in [2.75, 3.05) is 18.0 Å². The summed E-state index contributed by atoms with van der Waals surface area (Å²) < 4.78 is 11.4. The number of hydrogen-bond acceptors (Lipinski definition) is 7. The molecule has 3 amide bonds. The van der Waals surface area contributed by atoms with E-state index in [1.807, 2.05) is 52.8 Å². The third kappa shape index (κ3) is 6.16. The van der Waals surface area contributed by atoms with Crippen LogP contribution in [0.3, 0.4) is 0 Å². The number of alkyl carbamates (subject to hydrolysis) is 1. The summed E-state index contributed by atoms with van der Waals surface area (Å²) in [6, 6.07) is 5.56. The molecule has 31 heavy (non-hydrogen) atoms. The number of carbonyl (C=O) groups excluding carboxylic acids is 3. The van der Waals surface area contributed by atoms with Crippen molar-refractivity contribution in [1.82, 2.24) is 10.6 Å². The molecule has 2 heterocycles.